The van der Waals surface area contributed by atoms with Gasteiger partial charge in [-0.05, 0) is 30.4 Å². The zero-order valence-electron chi connectivity index (χ0n) is 12.8. The number of ether oxygens (including phenoxy) is 1. The summed E-state index contributed by atoms with van der Waals surface area (Å²) in [5, 5.41) is 4.58. The predicted molar refractivity (Wildman–Crippen MR) is 92.2 cm³/mol. The quantitative estimate of drug-likeness (QED) is 0.591. The molecule has 0 bridgehead atoms. The van der Waals surface area contributed by atoms with E-state index in [2.05, 4.69) is 29.4 Å². The van der Waals surface area contributed by atoms with Crippen LogP contribution in [0.4, 0.5) is 0 Å². The summed E-state index contributed by atoms with van der Waals surface area (Å²) in [4.78, 5) is 16.1. The number of thiazole rings is 1. The summed E-state index contributed by atoms with van der Waals surface area (Å²) in [5.41, 5.74) is 1.79. The van der Waals surface area contributed by atoms with Crippen molar-refractivity contribution in [1.82, 2.24) is 10.3 Å². The Morgan fingerprint density at radius 1 is 1.36 bits per heavy atom. The minimum atomic E-state index is -0.154. The van der Waals surface area contributed by atoms with Crippen LogP contribution >= 0.6 is 23.1 Å². The van der Waals surface area contributed by atoms with E-state index in [1.165, 1.54) is 28.7 Å². The van der Waals surface area contributed by atoms with E-state index in [0.29, 0.717) is 18.8 Å². The number of carbonyl (C=O) groups excluding carboxylic acids is 1. The zero-order valence-corrected chi connectivity index (χ0v) is 14.4. The molecule has 0 aliphatic heterocycles. The van der Waals surface area contributed by atoms with Gasteiger partial charge in [0.15, 0.2) is 0 Å². The first-order valence-electron chi connectivity index (χ1n) is 7.22. The Kier molecular flexibility index (Phi) is 6.74. The Morgan fingerprint density at radius 2 is 2.14 bits per heavy atom. The number of nitrogens with one attached hydrogen (secondary N) is 1. The summed E-state index contributed by atoms with van der Waals surface area (Å²) in [7, 11) is 0. The zero-order chi connectivity index (χ0) is 15.8. The van der Waals surface area contributed by atoms with Crippen molar-refractivity contribution in [3.8, 4) is 5.75 Å². The molecule has 0 aliphatic carbocycles. The van der Waals surface area contributed by atoms with E-state index in [1.807, 2.05) is 18.4 Å². The molecule has 1 N–H and O–H groups in total. The average Bonchev–Trinajstić information content (AvgIpc) is 3.02. The molecule has 1 aromatic heterocycles. The molecule has 6 heteroatoms. The van der Waals surface area contributed by atoms with E-state index in [9.17, 15) is 4.79 Å². The summed E-state index contributed by atoms with van der Waals surface area (Å²) < 4.78 is 6.51. The Labute approximate surface area is 139 Å². The van der Waals surface area contributed by atoms with Gasteiger partial charge in [-0.15, -0.1) is 11.3 Å². The minimum absolute atomic E-state index is 0.154. The SMILES string of the molecule is CCCc1ccc(OCCNC(=O)c2csc(SC)n2)cc1. The molecular formula is C16H20N2O2S2. The van der Waals surface area contributed by atoms with Gasteiger partial charge >= 0.3 is 0 Å². The van der Waals surface area contributed by atoms with Crippen LogP contribution in [-0.2, 0) is 6.42 Å². The average molecular weight is 336 g/mol. The molecule has 0 saturated heterocycles. The van der Waals surface area contributed by atoms with Crippen molar-refractivity contribution < 1.29 is 9.53 Å². The molecule has 2 aromatic rings. The van der Waals surface area contributed by atoms with E-state index in [1.54, 1.807) is 5.38 Å². The second kappa shape index (κ2) is 8.80. The predicted octanol–water partition coefficient (Wildman–Crippen LogP) is 3.63. The second-order valence-corrected chi connectivity index (χ2v) is 6.61. The van der Waals surface area contributed by atoms with Crippen LogP contribution in [-0.4, -0.2) is 30.3 Å². The number of hydrogen-bond acceptors (Lipinski definition) is 5. The highest BCUT2D eigenvalue weighted by Crippen LogP contribution is 2.19. The lowest BCUT2D eigenvalue weighted by Crippen LogP contribution is -2.28. The maximum Gasteiger partial charge on any atom is 0.270 e. The molecule has 0 radical (unpaired) electrons. The molecule has 1 amide bonds. The lowest BCUT2D eigenvalue weighted by Gasteiger charge is -2.07. The van der Waals surface area contributed by atoms with Gasteiger partial charge in [-0.3, -0.25) is 4.79 Å². The number of hydrogen-bond donors (Lipinski definition) is 1. The van der Waals surface area contributed by atoms with Crippen LogP contribution in [0.25, 0.3) is 0 Å². The standard InChI is InChI=1S/C16H20N2O2S2/c1-3-4-12-5-7-13(8-6-12)20-10-9-17-15(19)14-11-22-16(18-14)21-2/h5-8,11H,3-4,9-10H2,1-2H3,(H,17,19). The normalized spacial score (nSPS) is 10.5. The van der Waals surface area contributed by atoms with E-state index in [-0.39, 0.29) is 5.91 Å². The van der Waals surface area contributed by atoms with Crippen LogP contribution < -0.4 is 10.1 Å². The van der Waals surface area contributed by atoms with Crippen LogP contribution in [0.3, 0.4) is 0 Å². The fraction of sp³-hybridized carbons (Fsp3) is 0.375. The maximum absolute atomic E-state index is 11.9. The van der Waals surface area contributed by atoms with E-state index in [4.69, 9.17) is 4.74 Å². The van der Waals surface area contributed by atoms with Gasteiger partial charge in [0.05, 0.1) is 6.54 Å². The van der Waals surface area contributed by atoms with Gasteiger partial charge in [-0.2, -0.15) is 0 Å². The molecule has 0 atom stereocenters. The topological polar surface area (TPSA) is 51.2 Å². The molecule has 0 fully saturated rings. The summed E-state index contributed by atoms with van der Waals surface area (Å²) in [6, 6.07) is 8.10. The van der Waals surface area contributed by atoms with Crippen LogP contribution in [0.1, 0.15) is 29.4 Å². The molecular weight excluding hydrogens is 316 g/mol. The Morgan fingerprint density at radius 3 is 2.77 bits per heavy atom. The summed E-state index contributed by atoms with van der Waals surface area (Å²) >= 11 is 3.02. The smallest absolute Gasteiger partial charge is 0.270 e. The molecule has 118 valence electrons. The van der Waals surface area contributed by atoms with Crippen molar-refractivity contribution in [2.24, 2.45) is 0 Å². The Bertz CT molecular complexity index is 596. The molecule has 0 spiro atoms. The molecule has 1 heterocycles. The summed E-state index contributed by atoms with van der Waals surface area (Å²) in [6.07, 6.45) is 4.17. The fourth-order valence-corrected chi connectivity index (χ4v) is 3.16. The third-order valence-corrected chi connectivity index (χ3v) is 4.87. The fourth-order valence-electron chi connectivity index (χ4n) is 1.92. The van der Waals surface area contributed by atoms with Crippen molar-refractivity contribution in [2.45, 2.75) is 24.1 Å². The van der Waals surface area contributed by atoms with E-state index in [0.717, 1.165) is 22.9 Å². The highest BCUT2D eigenvalue weighted by molar-refractivity contribution is 8.00. The number of nitrogens with zero attached hydrogens (tertiary/aromatic N) is 1. The molecule has 22 heavy (non-hydrogen) atoms. The van der Waals surface area contributed by atoms with Gasteiger partial charge < -0.3 is 10.1 Å². The highest BCUT2D eigenvalue weighted by Gasteiger charge is 2.09. The number of aryl methyl sites for hydroxylation is 1. The summed E-state index contributed by atoms with van der Waals surface area (Å²) in [5.74, 6) is 0.672. The highest BCUT2D eigenvalue weighted by atomic mass is 32.2. The van der Waals surface area contributed by atoms with Crippen LogP contribution in [0.15, 0.2) is 34.0 Å². The van der Waals surface area contributed by atoms with Crippen LogP contribution in [0.5, 0.6) is 5.75 Å². The third-order valence-electron chi connectivity index (χ3n) is 3.01. The number of carbonyl (C=O) groups is 1. The Hall–Kier alpha value is -1.53. The van der Waals surface area contributed by atoms with E-state index < -0.39 is 0 Å². The number of amides is 1. The van der Waals surface area contributed by atoms with Gasteiger partial charge in [-0.25, -0.2) is 4.98 Å². The van der Waals surface area contributed by atoms with Crippen molar-refractivity contribution in [3.05, 3.63) is 40.9 Å². The number of aromatic nitrogens is 1. The largest absolute Gasteiger partial charge is 0.492 e. The molecule has 4 nitrogen and oxygen atoms in total. The lowest BCUT2D eigenvalue weighted by molar-refractivity contribution is 0.0942. The lowest BCUT2D eigenvalue weighted by atomic mass is 10.1. The second-order valence-electron chi connectivity index (χ2n) is 4.70. The molecule has 0 aliphatic rings. The third kappa shape index (κ3) is 5.03. The number of benzene rings is 1. The molecule has 0 saturated carbocycles. The first-order chi connectivity index (χ1) is 10.7. The van der Waals surface area contributed by atoms with Crippen LogP contribution in [0, 0.1) is 0 Å². The minimum Gasteiger partial charge on any atom is -0.492 e. The van der Waals surface area contributed by atoms with Gasteiger partial charge in [0.2, 0.25) is 0 Å². The first kappa shape index (κ1) is 16.8. The monoisotopic (exact) mass is 336 g/mol. The first-order valence-corrected chi connectivity index (χ1v) is 9.32. The summed E-state index contributed by atoms with van der Waals surface area (Å²) in [6.45, 7) is 3.07. The van der Waals surface area contributed by atoms with Crippen molar-refractivity contribution >= 4 is 29.0 Å². The van der Waals surface area contributed by atoms with Crippen molar-refractivity contribution in [3.63, 3.8) is 0 Å². The van der Waals surface area contributed by atoms with Gasteiger partial charge in [0.25, 0.3) is 5.91 Å². The Balaban J connectivity index is 1.71. The molecule has 0 unspecified atom stereocenters. The van der Waals surface area contributed by atoms with Crippen LogP contribution in [0.2, 0.25) is 0 Å². The van der Waals surface area contributed by atoms with E-state index >= 15 is 0 Å². The van der Waals surface area contributed by atoms with Crippen molar-refractivity contribution in [1.29, 1.82) is 0 Å². The number of rotatable bonds is 8. The van der Waals surface area contributed by atoms with Gasteiger partial charge in [0.1, 0.15) is 22.4 Å². The maximum atomic E-state index is 11.9. The molecule has 1 aromatic carbocycles. The van der Waals surface area contributed by atoms with Crippen molar-refractivity contribution in [2.75, 3.05) is 19.4 Å². The number of thioether (sulfide) groups is 1. The molecule has 2 rings (SSSR count). The van der Waals surface area contributed by atoms with Gasteiger partial charge in [0, 0.05) is 5.38 Å². The van der Waals surface area contributed by atoms with Gasteiger partial charge in [-0.1, -0.05) is 37.2 Å².